The average Bonchev–Trinajstić information content (AvgIpc) is 2.48. The second-order valence-corrected chi connectivity index (χ2v) is 5.52. The van der Waals surface area contributed by atoms with E-state index in [9.17, 15) is 4.79 Å². The van der Waals surface area contributed by atoms with Gasteiger partial charge in [-0.1, -0.05) is 51.1 Å². The van der Waals surface area contributed by atoms with E-state index >= 15 is 0 Å². The molecule has 0 aliphatic heterocycles. The minimum absolute atomic E-state index is 0.141. The Hall–Kier alpha value is -2.09. The summed E-state index contributed by atoms with van der Waals surface area (Å²) >= 11 is 0. The van der Waals surface area contributed by atoms with Crippen LogP contribution in [-0.4, -0.2) is 5.97 Å². The molecule has 104 valence electrons. The van der Waals surface area contributed by atoms with E-state index in [-0.39, 0.29) is 11.4 Å². The first kappa shape index (κ1) is 14.3. The van der Waals surface area contributed by atoms with Gasteiger partial charge in [0.2, 0.25) is 0 Å². The van der Waals surface area contributed by atoms with Crippen LogP contribution in [0.5, 0.6) is 5.75 Å². The molecule has 0 N–H and O–H groups in total. The van der Waals surface area contributed by atoms with Gasteiger partial charge in [-0.25, -0.2) is 4.79 Å². The zero-order chi connectivity index (χ0) is 14.6. The molecule has 0 fully saturated rings. The number of benzene rings is 2. The number of esters is 1. The lowest BCUT2D eigenvalue weighted by Gasteiger charge is -2.23. The molecular formula is C18H20O2. The molecule has 0 radical (unpaired) electrons. The van der Waals surface area contributed by atoms with Gasteiger partial charge in [-0.15, -0.1) is 0 Å². The highest BCUT2D eigenvalue weighted by atomic mass is 16.5. The van der Waals surface area contributed by atoms with Gasteiger partial charge in [0.25, 0.3) is 0 Å². The summed E-state index contributed by atoms with van der Waals surface area (Å²) in [6.07, 6.45) is 1.07. The van der Waals surface area contributed by atoms with Gasteiger partial charge >= 0.3 is 5.97 Å². The van der Waals surface area contributed by atoms with Crippen LogP contribution in [0.1, 0.15) is 43.1 Å². The van der Waals surface area contributed by atoms with E-state index in [0.717, 1.165) is 6.42 Å². The van der Waals surface area contributed by atoms with Gasteiger partial charge in [0.1, 0.15) is 5.75 Å². The van der Waals surface area contributed by atoms with E-state index in [2.05, 4.69) is 20.8 Å². The van der Waals surface area contributed by atoms with Gasteiger partial charge < -0.3 is 4.74 Å². The van der Waals surface area contributed by atoms with Crippen molar-refractivity contribution in [3.8, 4) is 5.75 Å². The number of ether oxygens (including phenoxy) is 1. The Kier molecular flexibility index (Phi) is 4.23. The summed E-state index contributed by atoms with van der Waals surface area (Å²) in [5.41, 5.74) is 1.95. The standard InChI is InChI=1S/C18H20O2/c1-4-18(2,3)15-10-12-16(13-11-15)20-17(19)14-8-6-5-7-9-14/h5-13H,4H2,1-3H3. The fourth-order valence-electron chi connectivity index (χ4n) is 1.92. The number of rotatable bonds is 4. The lowest BCUT2D eigenvalue weighted by atomic mass is 9.82. The second-order valence-electron chi connectivity index (χ2n) is 5.52. The molecule has 2 heteroatoms. The smallest absolute Gasteiger partial charge is 0.343 e. The van der Waals surface area contributed by atoms with Crippen molar-refractivity contribution in [1.82, 2.24) is 0 Å². The van der Waals surface area contributed by atoms with Crippen molar-refractivity contribution >= 4 is 5.97 Å². The molecule has 0 saturated heterocycles. The van der Waals surface area contributed by atoms with Crippen molar-refractivity contribution in [1.29, 1.82) is 0 Å². The van der Waals surface area contributed by atoms with Crippen molar-refractivity contribution in [2.24, 2.45) is 0 Å². The summed E-state index contributed by atoms with van der Waals surface area (Å²) in [7, 11) is 0. The van der Waals surface area contributed by atoms with E-state index in [1.165, 1.54) is 5.56 Å². The fraction of sp³-hybridized carbons (Fsp3) is 0.278. The number of carbonyl (C=O) groups is 1. The maximum Gasteiger partial charge on any atom is 0.343 e. The largest absolute Gasteiger partial charge is 0.423 e. The molecule has 2 nitrogen and oxygen atoms in total. The van der Waals surface area contributed by atoms with Crippen LogP contribution < -0.4 is 4.74 Å². The molecule has 2 rings (SSSR count). The molecule has 0 heterocycles. The molecule has 0 saturated carbocycles. The van der Waals surface area contributed by atoms with E-state index < -0.39 is 0 Å². The highest BCUT2D eigenvalue weighted by molar-refractivity contribution is 5.90. The van der Waals surface area contributed by atoms with Gasteiger partial charge in [0, 0.05) is 0 Å². The Morgan fingerprint density at radius 3 is 2.15 bits per heavy atom. The molecule has 0 aliphatic carbocycles. The lowest BCUT2D eigenvalue weighted by Crippen LogP contribution is -2.15. The zero-order valence-electron chi connectivity index (χ0n) is 12.2. The first-order valence-electron chi connectivity index (χ1n) is 6.91. The van der Waals surface area contributed by atoms with Crippen LogP contribution in [-0.2, 0) is 5.41 Å². The van der Waals surface area contributed by atoms with E-state index in [0.29, 0.717) is 11.3 Å². The molecule has 0 bridgehead atoms. The quantitative estimate of drug-likeness (QED) is 0.598. The minimum Gasteiger partial charge on any atom is -0.423 e. The van der Waals surface area contributed by atoms with Crippen molar-refractivity contribution < 1.29 is 9.53 Å². The fourth-order valence-corrected chi connectivity index (χ4v) is 1.92. The third-order valence-electron chi connectivity index (χ3n) is 3.74. The van der Waals surface area contributed by atoms with Gasteiger partial charge in [0.15, 0.2) is 0 Å². The molecule has 0 aliphatic rings. The first-order chi connectivity index (χ1) is 9.53. The maximum absolute atomic E-state index is 11.9. The molecule has 0 amide bonds. The van der Waals surface area contributed by atoms with Gasteiger partial charge in [-0.05, 0) is 41.7 Å². The summed E-state index contributed by atoms with van der Waals surface area (Å²) < 4.78 is 5.36. The molecular weight excluding hydrogens is 248 g/mol. The van der Waals surface area contributed by atoms with Crippen LogP contribution in [0.25, 0.3) is 0 Å². The molecule has 0 spiro atoms. The van der Waals surface area contributed by atoms with E-state index in [4.69, 9.17) is 4.74 Å². The van der Waals surface area contributed by atoms with Crippen LogP contribution in [0.3, 0.4) is 0 Å². The van der Waals surface area contributed by atoms with Crippen LogP contribution in [0, 0.1) is 0 Å². The van der Waals surface area contributed by atoms with Crippen molar-refractivity contribution in [3.63, 3.8) is 0 Å². The van der Waals surface area contributed by atoms with Gasteiger partial charge in [-0.3, -0.25) is 0 Å². The van der Waals surface area contributed by atoms with Crippen LogP contribution in [0.4, 0.5) is 0 Å². The number of hydrogen-bond acceptors (Lipinski definition) is 2. The third kappa shape index (κ3) is 3.27. The van der Waals surface area contributed by atoms with Crippen LogP contribution >= 0.6 is 0 Å². The van der Waals surface area contributed by atoms with Crippen molar-refractivity contribution in [2.45, 2.75) is 32.6 Å². The maximum atomic E-state index is 11.9. The summed E-state index contributed by atoms with van der Waals surface area (Å²) in [5, 5.41) is 0. The molecule has 0 aromatic heterocycles. The Labute approximate surface area is 120 Å². The highest BCUT2D eigenvalue weighted by Gasteiger charge is 2.18. The normalized spacial score (nSPS) is 11.2. The van der Waals surface area contributed by atoms with Gasteiger partial charge in [0.05, 0.1) is 5.56 Å². The van der Waals surface area contributed by atoms with Crippen molar-refractivity contribution in [3.05, 3.63) is 65.7 Å². The monoisotopic (exact) mass is 268 g/mol. The SMILES string of the molecule is CCC(C)(C)c1ccc(OC(=O)c2ccccc2)cc1. The van der Waals surface area contributed by atoms with Gasteiger partial charge in [-0.2, -0.15) is 0 Å². The summed E-state index contributed by atoms with van der Waals surface area (Å²) in [6, 6.07) is 16.8. The Morgan fingerprint density at radius 1 is 1.00 bits per heavy atom. The second kappa shape index (κ2) is 5.91. The summed E-state index contributed by atoms with van der Waals surface area (Å²) in [6.45, 7) is 6.58. The Balaban J connectivity index is 2.10. The number of hydrogen-bond donors (Lipinski definition) is 0. The molecule has 2 aromatic rings. The summed E-state index contributed by atoms with van der Waals surface area (Å²) in [4.78, 5) is 11.9. The molecule has 2 aromatic carbocycles. The van der Waals surface area contributed by atoms with Crippen molar-refractivity contribution in [2.75, 3.05) is 0 Å². The van der Waals surface area contributed by atoms with Crippen LogP contribution in [0.15, 0.2) is 54.6 Å². The zero-order valence-corrected chi connectivity index (χ0v) is 12.2. The summed E-state index contributed by atoms with van der Waals surface area (Å²) in [5.74, 6) is 0.252. The molecule has 0 atom stereocenters. The predicted molar refractivity (Wildman–Crippen MR) is 81.2 cm³/mol. The minimum atomic E-state index is -0.326. The lowest BCUT2D eigenvalue weighted by molar-refractivity contribution is 0.0734. The Morgan fingerprint density at radius 2 is 1.60 bits per heavy atom. The topological polar surface area (TPSA) is 26.3 Å². The average molecular weight is 268 g/mol. The third-order valence-corrected chi connectivity index (χ3v) is 3.74. The molecule has 0 unspecified atom stereocenters. The number of carbonyl (C=O) groups excluding carboxylic acids is 1. The van der Waals surface area contributed by atoms with E-state index in [1.54, 1.807) is 12.1 Å². The first-order valence-corrected chi connectivity index (χ1v) is 6.91. The van der Waals surface area contributed by atoms with E-state index in [1.807, 2.05) is 42.5 Å². The predicted octanol–water partition coefficient (Wildman–Crippen LogP) is 4.59. The Bertz CT molecular complexity index is 568. The van der Waals surface area contributed by atoms with Crippen LogP contribution in [0.2, 0.25) is 0 Å². The highest BCUT2D eigenvalue weighted by Crippen LogP contribution is 2.28. The molecule has 20 heavy (non-hydrogen) atoms.